The first kappa shape index (κ1) is 31.4. The number of likely N-dealkylation sites (N-methyl/N-ethyl adjacent to an activating group) is 1. The summed E-state index contributed by atoms with van der Waals surface area (Å²) in [6.07, 6.45) is 8.41. The Bertz CT molecular complexity index is 1470. The topological polar surface area (TPSA) is 104 Å². The van der Waals surface area contributed by atoms with Crippen molar-refractivity contribution in [3.05, 3.63) is 72.1 Å². The number of amidine groups is 1. The molecule has 1 unspecified atom stereocenters. The summed E-state index contributed by atoms with van der Waals surface area (Å²) in [5.41, 5.74) is 1.74. The standard InChI is InChI=1S/C31H39ClN5O4P/c1-6-30(38)34-25-18-24(26(40-3)19-27(25)41-21-12-11-17-37(2)20-21)33-29-16-10-7-13-22(32)31(36-29)35-23-14-8-9-15-28(23)42(4,5)39/h6,8-9,13-16,18-19,21,33H,1,7,10-12,17,20H2,2-5H3,(H,34,38)(H,35,36)/b22-13-,29-16-. The van der Waals surface area contributed by atoms with E-state index in [2.05, 4.69) is 34.5 Å². The number of nitrogens with one attached hydrogen (secondary N) is 3. The normalized spacial score (nSPS) is 21.6. The van der Waals surface area contributed by atoms with Crippen molar-refractivity contribution in [3.8, 4) is 11.5 Å². The van der Waals surface area contributed by atoms with Gasteiger partial charge in [0.1, 0.15) is 30.6 Å². The van der Waals surface area contributed by atoms with Gasteiger partial charge in [0.05, 0.1) is 29.2 Å². The van der Waals surface area contributed by atoms with Crippen molar-refractivity contribution in [1.82, 2.24) is 4.90 Å². The van der Waals surface area contributed by atoms with E-state index in [0.717, 1.165) is 25.9 Å². The highest BCUT2D eigenvalue weighted by molar-refractivity contribution is 7.70. The summed E-state index contributed by atoms with van der Waals surface area (Å²) in [6, 6.07) is 11.0. The van der Waals surface area contributed by atoms with Crippen molar-refractivity contribution in [2.75, 3.05) is 56.5 Å². The molecule has 0 aliphatic carbocycles. The molecule has 1 atom stereocenters. The molecule has 1 amide bonds. The number of methoxy groups -OCH3 is 1. The van der Waals surface area contributed by atoms with Crippen LogP contribution in [-0.2, 0) is 9.36 Å². The Kier molecular flexibility index (Phi) is 10.5. The Hall–Kier alpha value is -3.52. The predicted molar refractivity (Wildman–Crippen MR) is 174 cm³/mol. The van der Waals surface area contributed by atoms with Gasteiger partial charge in [0.15, 0.2) is 5.84 Å². The van der Waals surface area contributed by atoms with Gasteiger partial charge in [0.2, 0.25) is 5.91 Å². The third-order valence-electron chi connectivity index (χ3n) is 6.91. The van der Waals surface area contributed by atoms with Crippen molar-refractivity contribution in [2.45, 2.75) is 31.8 Å². The van der Waals surface area contributed by atoms with Gasteiger partial charge < -0.3 is 34.9 Å². The number of carbonyl (C=O) groups is 1. The number of hydrogen-bond donors (Lipinski definition) is 3. The molecular formula is C31H39ClN5O4P. The number of rotatable bonds is 9. The van der Waals surface area contributed by atoms with Crippen LogP contribution in [0.2, 0.25) is 0 Å². The zero-order valence-corrected chi connectivity index (χ0v) is 26.2. The number of nitrogens with zero attached hydrogens (tertiary/aromatic N) is 2. The third kappa shape index (κ3) is 8.28. The van der Waals surface area contributed by atoms with Crippen LogP contribution in [0.25, 0.3) is 0 Å². The molecule has 1 saturated heterocycles. The van der Waals surface area contributed by atoms with Gasteiger partial charge in [-0.2, -0.15) is 0 Å². The first-order valence-electron chi connectivity index (χ1n) is 13.9. The minimum Gasteiger partial charge on any atom is -0.494 e. The van der Waals surface area contributed by atoms with Gasteiger partial charge in [-0.15, -0.1) is 0 Å². The third-order valence-corrected chi connectivity index (χ3v) is 8.79. The van der Waals surface area contributed by atoms with E-state index in [0.29, 0.717) is 63.4 Å². The summed E-state index contributed by atoms with van der Waals surface area (Å²) in [5.74, 6) is 1.61. The highest BCUT2D eigenvalue weighted by atomic mass is 35.5. The number of piperidine rings is 1. The van der Waals surface area contributed by atoms with Gasteiger partial charge in [-0.05, 0) is 83.0 Å². The van der Waals surface area contributed by atoms with Gasteiger partial charge in [-0.1, -0.05) is 36.4 Å². The minimum atomic E-state index is -2.57. The molecule has 1 fully saturated rings. The van der Waals surface area contributed by atoms with Crippen molar-refractivity contribution >= 4 is 52.9 Å². The number of anilines is 3. The van der Waals surface area contributed by atoms with E-state index in [4.69, 9.17) is 26.1 Å². The Morgan fingerprint density at radius 3 is 2.60 bits per heavy atom. The molecule has 4 rings (SSSR count). The average Bonchev–Trinajstić information content (AvgIpc) is 2.94. The smallest absolute Gasteiger partial charge is 0.247 e. The lowest BCUT2D eigenvalue weighted by molar-refractivity contribution is -0.111. The maximum absolute atomic E-state index is 12.9. The number of aliphatic imine (C=N–C) groups is 1. The number of carbonyl (C=O) groups excluding carboxylic acids is 1. The SMILES string of the molecule is C=CC(=O)Nc1cc(NC2=C/CC/C=C(Cl)/C(Nc3ccccc3P(C)(C)=O)=N\2)c(OC)cc1OC1CCCN(C)C1. The van der Waals surface area contributed by atoms with Crippen molar-refractivity contribution in [2.24, 2.45) is 4.99 Å². The fourth-order valence-electron chi connectivity index (χ4n) is 4.83. The van der Waals surface area contributed by atoms with Crippen LogP contribution in [0.4, 0.5) is 17.1 Å². The lowest BCUT2D eigenvalue weighted by Gasteiger charge is -2.31. The maximum Gasteiger partial charge on any atom is 0.247 e. The summed E-state index contributed by atoms with van der Waals surface area (Å²) >= 11 is 6.67. The number of hydrogen-bond acceptors (Lipinski definition) is 8. The molecule has 2 aliphatic rings. The predicted octanol–water partition coefficient (Wildman–Crippen LogP) is 6.22. The average molecular weight is 612 g/mol. The van der Waals surface area contributed by atoms with Crippen LogP contribution in [0.5, 0.6) is 11.5 Å². The summed E-state index contributed by atoms with van der Waals surface area (Å²) in [6.45, 7) is 8.86. The fraction of sp³-hybridized carbons (Fsp3) is 0.355. The highest BCUT2D eigenvalue weighted by Crippen LogP contribution is 2.39. The van der Waals surface area contributed by atoms with E-state index in [9.17, 15) is 9.36 Å². The number of likely N-dealkylation sites (tertiary alicyclic amines) is 1. The first-order valence-corrected chi connectivity index (χ1v) is 16.9. The van der Waals surface area contributed by atoms with Crippen molar-refractivity contribution < 1.29 is 18.8 Å². The number of halogens is 1. The van der Waals surface area contributed by atoms with E-state index in [-0.39, 0.29) is 12.0 Å². The van der Waals surface area contributed by atoms with Gasteiger partial charge in [0, 0.05) is 17.9 Å². The van der Waals surface area contributed by atoms with Crippen molar-refractivity contribution in [3.63, 3.8) is 0 Å². The number of allylic oxidation sites excluding steroid dienone is 2. The van der Waals surface area contributed by atoms with Crippen LogP contribution in [0, 0.1) is 0 Å². The van der Waals surface area contributed by atoms with Gasteiger partial charge >= 0.3 is 0 Å². The fourth-order valence-corrected chi connectivity index (χ4v) is 6.18. The molecule has 2 aromatic rings. The lowest BCUT2D eigenvalue weighted by Crippen LogP contribution is -2.38. The molecule has 0 bridgehead atoms. The van der Waals surface area contributed by atoms with Crippen LogP contribution in [0.15, 0.2) is 77.1 Å². The van der Waals surface area contributed by atoms with Crippen LogP contribution in [0.3, 0.4) is 0 Å². The molecule has 0 saturated carbocycles. The summed E-state index contributed by atoms with van der Waals surface area (Å²) in [5, 5.41) is 10.7. The second-order valence-corrected chi connectivity index (χ2v) is 14.3. The minimum absolute atomic E-state index is 0.0171. The zero-order valence-electron chi connectivity index (χ0n) is 24.6. The van der Waals surface area contributed by atoms with Gasteiger partial charge in [-0.25, -0.2) is 4.99 Å². The summed E-state index contributed by atoms with van der Waals surface area (Å²) in [7, 11) is 1.08. The Labute approximate surface area is 253 Å². The van der Waals surface area contributed by atoms with Crippen LogP contribution >= 0.6 is 18.7 Å². The highest BCUT2D eigenvalue weighted by Gasteiger charge is 2.23. The summed E-state index contributed by atoms with van der Waals surface area (Å²) < 4.78 is 25.0. The van der Waals surface area contributed by atoms with Crippen LogP contribution in [0.1, 0.15) is 25.7 Å². The van der Waals surface area contributed by atoms with Gasteiger partial charge in [0.25, 0.3) is 0 Å². The number of para-hydroxylation sites is 1. The lowest BCUT2D eigenvalue weighted by atomic mass is 10.1. The molecule has 42 heavy (non-hydrogen) atoms. The molecule has 9 nitrogen and oxygen atoms in total. The van der Waals surface area contributed by atoms with Crippen LogP contribution in [-0.4, -0.2) is 63.3 Å². The molecule has 11 heteroatoms. The molecule has 0 radical (unpaired) electrons. The molecule has 0 aromatic heterocycles. The molecule has 2 aromatic carbocycles. The largest absolute Gasteiger partial charge is 0.494 e. The maximum atomic E-state index is 12.9. The van der Waals surface area contributed by atoms with E-state index < -0.39 is 7.14 Å². The van der Waals surface area contributed by atoms with Crippen molar-refractivity contribution in [1.29, 1.82) is 0 Å². The van der Waals surface area contributed by atoms with Crippen LogP contribution < -0.4 is 30.7 Å². The number of amides is 1. The summed E-state index contributed by atoms with van der Waals surface area (Å²) in [4.78, 5) is 19.4. The number of ether oxygens (including phenoxy) is 2. The van der Waals surface area contributed by atoms with E-state index in [1.807, 2.05) is 36.4 Å². The number of benzene rings is 2. The first-order chi connectivity index (χ1) is 20.1. The Balaban J connectivity index is 1.68. The molecule has 3 N–H and O–H groups in total. The molecular weight excluding hydrogens is 573 g/mol. The quantitative estimate of drug-likeness (QED) is 0.228. The van der Waals surface area contributed by atoms with Gasteiger partial charge in [-0.3, -0.25) is 4.79 Å². The van der Waals surface area contributed by atoms with E-state index in [1.54, 1.807) is 32.6 Å². The Morgan fingerprint density at radius 1 is 1.12 bits per heavy atom. The molecule has 0 spiro atoms. The monoisotopic (exact) mass is 611 g/mol. The second kappa shape index (κ2) is 14.1. The zero-order chi connectivity index (χ0) is 30.3. The second-order valence-electron chi connectivity index (χ2n) is 10.7. The van der Waals surface area contributed by atoms with E-state index in [1.165, 1.54) is 6.08 Å². The molecule has 2 aliphatic heterocycles. The van der Waals surface area contributed by atoms with E-state index >= 15 is 0 Å². The molecule has 2 heterocycles. The molecule has 224 valence electrons. The Morgan fingerprint density at radius 2 is 1.88 bits per heavy atom.